The number of H-pyrrole nitrogens is 1. The summed E-state index contributed by atoms with van der Waals surface area (Å²) in [6, 6.07) is 49.8. The van der Waals surface area contributed by atoms with Gasteiger partial charge in [0.05, 0.1) is 56.1 Å². The molecule has 67 heavy (non-hydrogen) atoms. The Hall–Kier alpha value is -9.48. The average molecular weight is 876 g/mol. The summed E-state index contributed by atoms with van der Waals surface area (Å²) in [6.45, 7) is 0. The van der Waals surface area contributed by atoms with Gasteiger partial charge in [0, 0.05) is 55.3 Å². The number of carbonyl (C=O) groups is 4. The molecule has 0 fully saturated rings. The molecule has 0 spiro atoms. The van der Waals surface area contributed by atoms with Crippen LogP contribution in [0.4, 0.5) is 0 Å². The van der Waals surface area contributed by atoms with E-state index in [1.165, 1.54) is 24.3 Å². The van der Waals surface area contributed by atoms with Crippen LogP contribution in [0.1, 0.15) is 41.4 Å². The molecule has 0 unspecified atom stereocenters. The third-order valence-corrected chi connectivity index (χ3v) is 12.4. The minimum absolute atomic E-state index is 0.0734. The Morgan fingerprint density at radius 1 is 0.313 bits per heavy atom. The van der Waals surface area contributed by atoms with Crippen LogP contribution in [0.2, 0.25) is 0 Å². The summed E-state index contributed by atoms with van der Waals surface area (Å²) in [5, 5.41) is 41.7. The van der Waals surface area contributed by atoms with E-state index < -0.39 is 23.9 Å². The van der Waals surface area contributed by atoms with Crippen LogP contribution in [0.25, 0.3) is 111 Å². The van der Waals surface area contributed by atoms with E-state index in [2.05, 4.69) is 4.98 Å². The zero-order valence-corrected chi connectivity index (χ0v) is 35.0. The zero-order valence-electron chi connectivity index (χ0n) is 35.0. The fraction of sp³-hybridized carbons (Fsp3) is 0. The SMILES string of the molecule is O=C(O)c1ccc(-c2c3nc(c(-c4ccc(C(=O)O)cc4)c4[nH]c(c(-c5ccc(C(=O)O)cc5)c5nc(c2-c2ccc(C(=O)O)cc2)-c2ccccc2-5)c2ccccc42)-c2ccccc2-3)cc1. The van der Waals surface area contributed by atoms with E-state index >= 15 is 0 Å². The van der Waals surface area contributed by atoms with E-state index in [0.717, 1.165) is 33.0 Å². The van der Waals surface area contributed by atoms with Crippen molar-refractivity contribution in [2.75, 3.05) is 0 Å². The normalized spacial score (nSPS) is 11.5. The van der Waals surface area contributed by atoms with Crippen molar-refractivity contribution in [3.05, 3.63) is 192 Å². The topological polar surface area (TPSA) is 191 Å². The molecule has 1 aromatic heterocycles. The van der Waals surface area contributed by atoms with E-state index in [9.17, 15) is 39.6 Å². The largest absolute Gasteiger partial charge is 0.478 e. The third kappa shape index (κ3) is 6.60. The maximum Gasteiger partial charge on any atom is 0.335 e. The average Bonchev–Trinajstić information content (AvgIpc) is 4.04. The lowest BCUT2D eigenvalue weighted by Gasteiger charge is -2.15. The molecule has 320 valence electrons. The molecule has 11 rings (SSSR count). The van der Waals surface area contributed by atoms with Gasteiger partial charge >= 0.3 is 23.9 Å². The molecule has 0 saturated carbocycles. The number of aromatic amines is 1. The highest BCUT2D eigenvalue weighted by molar-refractivity contribution is 6.19. The van der Waals surface area contributed by atoms with Crippen molar-refractivity contribution in [3.63, 3.8) is 0 Å². The van der Waals surface area contributed by atoms with Crippen molar-refractivity contribution in [2.45, 2.75) is 0 Å². The molecule has 0 radical (unpaired) electrons. The molecule has 8 aromatic rings. The zero-order chi connectivity index (χ0) is 46.1. The van der Waals surface area contributed by atoms with Gasteiger partial charge in [0.25, 0.3) is 0 Å². The highest BCUT2D eigenvalue weighted by Crippen LogP contribution is 2.53. The molecule has 3 heterocycles. The van der Waals surface area contributed by atoms with Crippen LogP contribution >= 0.6 is 0 Å². The molecular weight excluding hydrogens is 843 g/mol. The molecular formula is C56H33N3O8. The van der Waals surface area contributed by atoms with Gasteiger partial charge in [0.2, 0.25) is 0 Å². The number of aromatic carboxylic acids is 4. The maximum atomic E-state index is 12.3. The Labute approximate surface area is 380 Å². The fourth-order valence-electron chi connectivity index (χ4n) is 9.31. The minimum Gasteiger partial charge on any atom is -0.478 e. The smallest absolute Gasteiger partial charge is 0.335 e. The number of hydrogen-bond acceptors (Lipinski definition) is 6. The number of benzene rings is 7. The Morgan fingerprint density at radius 3 is 0.821 bits per heavy atom. The second-order valence-corrected chi connectivity index (χ2v) is 16.2. The van der Waals surface area contributed by atoms with Gasteiger partial charge in [-0.05, 0) is 70.8 Å². The molecule has 3 aliphatic rings. The second kappa shape index (κ2) is 15.6. The van der Waals surface area contributed by atoms with E-state index in [0.29, 0.717) is 78.3 Å². The second-order valence-electron chi connectivity index (χ2n) is 16.2. The van der Waals surface area contributed by atoms with E-state index in [4.69, 9.17) is 9.97 Å². The first-order valence-corrected chi connectivity index (χ1v) is 21.1. The summed E-state index contributed by atoms with van der Waals surface area (Å²) in [7, 11) is 0. The summed E-state index contributed by atoms with van der Waals surface area (Å²) in [5.41, 5.74) is 12.0. The first-order chi connectivity index (χ1) is 32.5. The number of aromatic nitrogens is 3. The molecule has 1 aliphatic carbocycles. The fourth-order valence-corrected chi connectivity index (χ4v) is 9.31. The quantitative estimate of drug-likeness (QED) is 0.0981. The number of rotatable bonds is 8. The number of nitrogens with zero attached hydrogens (tertiary/aromatic N) is 2. The number of hydrogen-bond donors (Lipinski definition) is 5. The molecule has 11 nitrogen and oxygen atoms in total. The van der Waals surface area contributed by atoms with Gasteiger partial charge in [-0.1, -0.05) is 121 Å². The summed E-state index contributed by atoms with van der Waals surface area (Å²) >= 11 is 0. The number of nitrogens with one attached hydrogen (secondary N) is 1. The molecule has 7 aromatic carbocycles. The molecule has 2 aliphatic heterocycles. The van der Waals surface area contributed by atoms with Crippen molar-refractivity contribution < 1.29 is 39.6 Å². The molecule has 0 atom stereocenters. The van der Waals surface area contributed by atoms with Gasteiger partial charge < -0.3 is 25.4 Å². The summed E-state index contributed by atoms with van der Waals surface area (Å²) < 4.78 is 0. The Bertz CT molecular complexity index is 3480. The molecule has 11 heteroatoms. The monoisotopic (exact) mass is 875 g/mol. The van der Waals surface area contributed by atoms with Gasteiger partial charge in [-0.2, -0.15) is 0 Å². The van der Waals surface area contributed by atoms with Gasteiger partial charge in [-0.25, -0.2) is 29.1 Å². The van der Waals surface area contributed by atoms with E-state index in [1.807, 2.05) is 72.8 Å². The van der Waals surface area contributed by atoms with Crippen LogP contribution in [0, 0.1) is 0 Å². The van der Waals surface area contributed by atoms with Gasteiger partial charge in [-0.15, -0.1) is 0 Å². The van der Waals surface area contributed by atoms with Crippen molar-refractivity contribution in [2.24, 2.45) is 0 Å². The predicted molar refractivity (Wildman–Crippen MR) is 256 cm³/mol. The molecule has 5 N–H and O–H groups in total. The Morgan fingerprint density at radius 2 is 0.552 bits per heavy atom. The lowest BCUT2D eigenvalue weighted by Crippen LogP contribution is -1.98. The Balaban J connectivity index is 1.45. The predicted octanol–water partition coefficient (Wildman–Crippen LogP) is 12.6. The van der Waals surface area contributed by atoms with Gasteiger partial charge in [0.15, 0.2) is 0 Å². The lowest BCUT2D eigenvalue weighted by molar-refractivity contribution is 0.0686. The summed E-state index contributed by atoms with van der Waals surface area (Å²) in [5.74, 6) is -4.35. The van der Waals surface area contributed by atoms with Gasteiger partial charge in [0.1, 0.15) is 0 Å². The van der Waals surface area contributed by atoms with Crippen molar-refractivity contribution in [1.82, 2.24) is 15.0 Å². The van der Waals surface area contributed by atoms with E-state index in [1.54, 1.807) is 72.8 Å². The Kier molecular flexibility index (Phi) is 9.41. The molecule has 6 bridgehead atoms. The van der Waals surface area contributed by atoms with Crippen LogP contribution in [-0.2, 0) is 0 Å². The van der Waals surface area contributed by atoms with Crippen LogP contribution in [0.15, 0.2) is 170 Å². The highest BCUT2D eigenvalue weighted by atomic mass is 16.4. The minimum atomic E-state index is -1.10. The first-order valence-electron chi connectivity index (χ1n) is 21.1. The number of carboxylic acids is 4. The van der Waals surface area contributed by atoms with Crippen LogP contribution in [0.3, 0.4) is 0 Å². The standard InChI is InChI=1S/C56H33N3O8/c60-53(61)33-21-13-29(14-22-33)43-44(30-15-23-34(24-16-30)54(62)63)48-38-8-2-4-10-40(38)50(58-48)46(32-19-27-36(28-20-32)56(66)67)52-42-12-6-5-11-41(42)51(59-52)45(31-17-25-35(26-18-31)55(64)65)49-39-9-3-1-7-37(39)47(43)57-49/h1-28,59H,(H,60,61)(H,62,63)(H,64,65)(H,66,67). The van der Waals surface area contributed by atoms with Crippen LogP contribution in [-0.4, -0.2) is 59.3 Å². The first kappa shape index (κ1) is 40.3. The van der Waals surface area contributed by atoms with Crippen molar-refractivity contribution >= 4 is 45.7 Å². The summed E-state index contributed by atoms with van der Waals surface area (Å²) in [4.78, 5) is 64.0. The van der Waals surface area contributed by atoms with Gasteiger partial charge in [-0.3, -0.25) is 0 Å². The van der Waals surface area contributed by atoms with Crippen molar-refractivity contribution in [3.8, 4) is 89.5 Å². The number of carboxylic acid groups (broad SMARTS) is 4. The van der Waals surface area contributed by atoms with Crippen LogP contribution in [0.5, 0.6) is 0 Å². The van der Waals surface area contributed by atoms with Crippen LogP contribution < -0.4 is 0 Å². The maximum absolute atomic E-state index is 12.3. The summed E-state index contributed by atoms with van der Waals surface area (Å²) in [6.07, 6.45) is 0. The molecule has 0 saturated heterocycles. The molecule has 0 amide bonds. The highest BCUT2D eigenvalue weighted by Gasteiger charge is 2.31. The lowest BCUT2D eigenvalue weighted by atomic mass is 9.87. The third-order valence-electron chi connectivity index (χ3n) is 12.4. The van der Waals surface area contributed by atoms with Crippen molar-refractivity contribution in [1.29, 1.82) is 0 Å². The van der Waals surface area contributed by atoms with E-state index in [-0.39, 0.29) is 22.3 Å².